The molecule has 1 aliphatic rings. The van der Waals surface area contributed by atoms with Gasteiger partial charge in [0, 0.05) is 17.8 Å². The van der Waals surface area contributed by atoms with Gasteiger partial charge in [-0.25, -0.2) is 4.39 Å². The minimum absolute atomic E-state index is 0.387. The molecule has 0 radical (unpaired) electrons. The number of hydrogen-bond acceptors (Lipinski definition) is 3. The molecule has 0 saturated carbocycles. The third kappa shape index (κ3) is 4.29. The minimum Gasteiger partial charge on any atom is -0.389 e. The van der Waals surface area contributed by atoms with E-state index in [0.29, 0.717) is 17.8 Å². The van der Waals surface area contributed by atoms with Gasteiger partial charge in [-0.1, -0.05) is 6.92 Å². The first-order valence-electron chi connectivity index (χ1n) is 4.81. The van der Waals surface area contributed by atoms with Crippen LogP contribution < -0.4 is 5.32 Å². The van der Waals surface area contributed by atoms with E-state index in [1.165, 1.54) is 5.75 Å². The molecule has 1 rings (SSSR count). The summed E-state index contributed by atoms with van der Waals surface area (Å²) in [7, 11) is 0. The van der Waals surface area contributed by atoms with Crippen molar-refractivity contribution < 1.29 is 9.50 Å². The van der Waals surface area contributed by atoms with E-state index < -0.39 is 12.8 Å². The summed E-state index contributed by atoms with van der Waals surface area (Å²) in [6.45, 7) is 1.95. The lowest BCUT2D eigenvalue weighted by atomic mass is 10.1. The fraction of sp³-hybridized carbons (Fsp3) is 1.00. The highest BCUT2D eigenvalue weighted by molar-refractivity contribution is 7.99. The van der Waals surface area contributed by atoms with Crippen molar-refractivity contribution in [2.75, 3.05) is 19.0 Å². The molecule has 0 amide bonds. The second-order valence-electron chi connectivity index (χ2n) is 3.62. The van der Waals surface area contributed by atoms with Gasteiger partial charge < -0.3 is 10.4 Å². The van der Waals surface area contributed by atoms with Crippen LogP contribution in [0.3, 0.4) is 0 Å². The number of aliphatic hydroxyl groups is 1. The van der Waals surface area contributed by atoms with E-state index in [-0.39, 0.29) is 0 Å². The molecule has 3 unspecified atom stereocenters. The first-order valence-corrected chi connectivity index (χ1v) is 5.86. The Labute approximate surface area is 83.3 Å². The first-order chi connectivity index (χ1) is 6.22. The van der Waals surface area contributed by atoms with Crippen molar-refractivity contribution in [2.24, 2.45) is 0 Å². The first kappa shape index (κ1) is 11.3. The van der Waals surface area contributed by atoms with Gasteiger partial charge in [-0.3, -0.25) is 0 Å². The Morgan fingerprint density at radius 3 is 3.08 bits per heavy atom. The van der Waals surface area contributed by atoms with Gasteiger partial charge in [0.05, 0.1) is 6.10 Å². The van der Waals surface area contributed by atoms with E-state index in [9.17, 15) is 4.39 Å². The Balaban J connectivity index is 2.13. The summed E-state index contributed by atoms with van der Waals surface area (Å²) in [6.07, 6.45) is 1.43. The van der Waals surface area contributed by atoms with Gasteiger partial charge in [-0.15, -0.1) is 0 Å². The van der Waals surface area contributed by atoms with E-state index in [4.69, 9.17) is 5.11 Å². The third-order valence-electron chi connectivity index (χ3n) is 2.31. The van der Waals surface area contributed by atoms with Crippen LogP contribution in [0, 0.1) is 0 Å². The van der Waals surface area contributed by atoms with Gasteiger partial charge in [0.15, 0.2) is 0 Å². The average molecular weight is 207 g/mol. The molecule has 0 aromatic rings. The van der Waals surface area contributed by atoms with E-state index in [2.05, 4.69) is 12.2 Å². The summed E-state index contributed by atoms with van der Waals surface area (Å²) in [5.41, 5.74) is 0. The Kier molecular flexibility index (Phi) is 5.06. The Morgan fingerprint density at radius 2 is 2.46 bits per heavy atom. The topological polar surface area (TPSA) is 32.3 Å². The third-order valence-corrected chi connectivity index (χ3v) is 3.54. The lowest BCUT2D eigenvalue weighted by Gasteiger charge is -2.27. The van der Waals surface area contributed by atoms with Crippen LogP contribution in [0.4, 0.5) is 4.39 Å². The van der Waals surface area contributed by atoms with Crippen LogP contribution in [-0.4, -0.2) is 41.5 Å². The van der Waals surface area contributed by atoms with E-state index in [1.54, 1.807) is 0 Å². The number of hydrogen-bond donors (Lipinski definition) is 2. The molecule has 1 heterocycles. The highest BCUT2D eigenvalue weighted by Gasteiger charge is 2.19. The predicted molar refractivity (Wildman–Crippen MR) is 54.9 cm³/mol. The zero-order valence-electron chi connectivity index (χ0n) is 8.00. The van der Waals surface area contributed by atoms with Crippen molar-refractivity contribution in [3.05, 3.63) is 0 Å². The predicted octanol–water partition coefficient (Wildman–Crippen LogP) is 1.19. The number of nitrogens with one attached hydrogen (secondary N) is 1. The number of thioether (sulfide) groups is 1. The fourth-order valence-electron chi connectivity index (χ4n) is 1.54. The number of rotatable bonds is 4. The minimum atomic E-state index is -0.829. The molecule has 0 aliphatic carbocycles. The molecule has 0 aromatic heterocycles. The van der Waals surface area contributed by atoms with Crippen molar-refractivity contribution in [2.45, 2.75) is 37.2 Å². The highest BCUT2D eigenvalue weighted by Crippen LogP contribution is 2.24. The maximum Gasteiger partial charge on any atom is 0.117 e. The Bertz CT molecular complexity index is 148. The normalized spacial score (nSPS) is 31.6. The van der Waals surface area contributed by atoms with Crippen LogP contribution >= 0.6 is 11.8 Å². The second kappa shape index (κ2) is 5.83. The number of halogens is 1. The van der Waals surface area contributed by atoms with Crippen molar-refractivity contribution >= 4 is 11.8 Å². The molecule has 0 bridgehead atoms. The average Bonchev–Trinajstić information content (AvgIpc) is 2.14. The molecular weight excluding hydrogens is 189 g/mol. The Hall–Kier alpha value is 0.200. The lowest BCUT2D eigenvalue weighted by Crippen LogP contribution is -2.39. The summed E-state index contributed by atoms with van der Waals surface area (Å²) >= 11 is 1.99. The van der Waals surface area contributed by atoms with Gasteiger partial charge in [0.25, 0.3) is 0 Å². The summed E-state index contributed by atoms with van der Waals surface area (Å²) in [4.78, 5) is 0. The zero-order chi connectivity index (χ0) is 9.68. The molecule has 4 heteroatoms. The van der Waals surface area contributed by atoms with Crippen LogP contribution in [0.25, 0.3) is 0 Å². The highest BCUT2D eigenvalue weighted by atomic mass is 32.2. The van der Waals surface area contributed by atoms with Crippen LogP contribution in [0.15, 0.2) is 0 Å². The van der Waals surface area contributed by atoms with E-state index >= 15 is 0 Å². The maximum atomic E-state index is 11.9. The summed E-state index contributed by atoms with van der Waals surface area (Å²) in [6, 6.07) is 0.470. The van der Waals surface area contributed by atoms with E-state index in [0.717, 1.165) is 12.8 Å². The van der Waals surface area contributed by atoms with Crippen LogP contribution in [0.2, 0.25) is 0 Å². The fourth-order valence-corrected chi connectivity index (χ4v) is 2.73. The Morgan fingerprint density at radius 1 is 1.69 bits per heavy atom. The standard InChI is InChI=1S/C9H18FNOS/c1-7-4-8(2-3-13-7)11-6-9(12)5-10/h7-9,11-12H,2-6H2,1H3. The summed E-state index contributed by atoms with van der Waals surface area (Å²) in [5, 5.41) is 12.9. The lowest BCUT2D eigenvalue weighted by molar-refractivity contribution is 0.133. The number of alkyl halides is 1. The molecule has 0 aromatic carbocycles. The molecular formula is C9H18FNOS. The monoisotopic (exact) mass is 207 g/mol. The quantitative estimate of drug-likeness (QED) is 0.726. The SMILES string of the molecule is CC1CC(NCC(O)CF)CCS1. The van der Waals surface area contributed by atoms with E-state index in [1.807, 2.05) is 11.8 Å². The van der Waals surface area contributed by atoms with Crippen LogP contribution in [0.1, 0.15) is 19.8 Å². The number of aliphatic hydroxyl groups excluding tert-OH is 1. The van der Waals surface area contributed by atoms with Crippen LogP contribution in [-0.2, 0) is 0 Å². The van der Waals surface area contributed by atoms with Crippen LogP contribution in [0.5, 0.6) is 0 Å². The largest absolute Gasteiger partial charge is 0.389 e. The van der Waals surface area contributed by atoms with Crippen molar-refractivity contribution in [1.29, 1.82) is 0 Å². The second-order valence-corrected chi connectivity index (χ2v) is 5.17. The summed E-state index contributed by atoms with van der Waals surface area (Å²) < 4.78 is 11.9. The smallest absolute Gasteiger partial charge is 0.117 e. The molecule has 1 aliphatic heterocycles. The van der Waals surface area contributed by atoms with Gasteiger partial charge in [-0.05, 0) is 18.6 Å². The van der Waals surface area contributed by atoms with Crippen molar-refractivity contribution in [3.63, 3.8) is 0 Å². The molecule has 2 N–H and O–H groups in total. The van der Waals surface area contributed by atoms with Gasteiger partial charge in [-0.2, -0.15) is 11.8 Å². The van der Waals surface area contributed by atoms with Crippen molar-refractivity contribution in [3.8, 4) is 0 Å². The summed E-state index contributed by atoms with van der Waals surface area (Å²) in [5.74, 6) is 1.17. The zero-order valence-corrected chi connectivity index (χ0v) is 8.82. The molecule has 13 heavy (non-hydrogen) atoms. The molecule has 1 saturated heterocycles. The van der Waals surface area contributed by atoms with Gasteiger partial charge >= 0.3 is 0 Å². The van der Waals surface area contributed by atoms with Gasteiger partial charge in [0.2, 0.25) is 0 Å². The maximum absolute atomic E-state index is 11.9. The molecule has 78 valence electrons. The van der Waals surface area contributed by atoms with Crippen molar-refractivity contribution in [1.82, 2.24) is 5.32 Å². The molecule has 1 fully saturated rings. The molecule has 0 spiro atoms. The van der Waals surface area contributed by atoms with Gasteiger partial charge in [0.1, 0.15) is 6.67 Å². The molecule has 3 atom stereocenters. The molecule has 2 nitrogen and oxygen atoms in total.